The highest BCUT2D eigenvalue weighted by molar-refractivity contribution is 6.34. The van der Waals surface area contributed by atoms with Gasteiger partial charge in [-0.3, -0.25) is 4.79 Å². The van der Waals surface area contributed by atoms with Crippen LogP contribution in [0.25, 0.3) is 0 Å². The monoisotopic (exact) mass is 280 g/mol. The fraction of sp³-hybridized carbons (Fsp3) is 0.0714. The fourth-order valence-corrected chi connectivity index (χ4v) is 2.04. The molecular weight excluding hydrogens is 271 g/mol. The summed E-state index contributed by atoms with van der Waals surface area (Å²) in [6.07, 6.45) is 0.805. The standard InChI is InChI=1S/C14H10Cl2O2/c15-12-5-13(16)7-14(6-12)18-9-11-3-1-2-10(4-11)8-17/h1-8H,9H2. The number of aldehydes is 1. The summed E-state index contributed by atoms with van der Waals surface area (Å²) in [5.41, 5.74) is 1.54. The largest absolute Gasteiger partial charge is 0.489 e. The number of benzene rings is 2. The van der Waals surface area contributed by atoms with E-state index in [9.17, 15) is 4.79 Å². The summed E-state index contributed by atoms with van der Waals surface area (Å²) in [5, 5.41) is 1.05. The van der Waals surface area contributed by atoms with Gasteiger partial charge >= 0.3 is 0 Å². The Hall–Kier alpha value is -1.51. The molecule has 0 N–H and O–H groups in total. The van der Waals surface area contributed by atoms with Crippen molar-refractivity contribution < 1.29 is 9.53 Å². The molecule has 0 fully saturated rings. The molecule has 0 radical (unpaired) electrons. The molecule has 2 aromatic carbocycles. The summed E-state index contributed by atoms with van der Waals surface area (Å²) in [5.74, 6) is 0.601. The van der Waals surface area contributed by atoms with Gasteiger partial charge in [0.05, 0.1) is 0 Å². The highest BCUT2D eigenvalue weighted by atomic mass is 35.5. The van der Waals surface area contributed by atoms with Crippen molar-refractivity contribution in [3.63, 3.8) is 0 Å². The first-order chi connectivity index (χ1) is 8.67. The summed E-state index contributed by atoms with van der Waals surface area (Å²) in [4.78, 5) is 10.6. The van der Waals surface area contributed by atoms with E-state index < -0.39 is 0 Å². The van der Waals surface area contributed by atoms with Crippen molar-refractivity contribution in [3.05, 3.63) is 63.6 Å². The second kappa shape index (κ2) is 5.89. The SMILES string of the molecule is O=Cc1cccc(COc2cc(Cl)cc(Cl)c2)c1. The van der Waals surface area contributed by atoms with Crippen LogP contribution in [-0.4, -0.2) is 6.29 Å². The maximum Gasteiger partial charge on any atom is 0.150 e. The van der Waals surface area contributed by atoms with Gasteiger partial charge in [-0.1, -0.05) is 41.4 Å². The van der Waals surface area contributed by atoms with Gasteiger partial charge in [-0.2, -0.15) is 0 Å². The second-order valence-corrected chi connectivity index (χ2v) is 4.63. The van der Waals surface area contributed by atoms with Gasteiger partial charge in [0.1, 0.15) is 18.6 Å². The molecule has 0 atom stereocenters. The van der Waals surface area contributed by atoms with Crippen LogP contribution in [0.3, 0.4) is 0 Å². The molecule has 0 unspecified atom stereocenters. The smallest absolute Gasteiger partial charge is 0.150 e. The van der Waals surface area contributed by atoms with E-state index in [1.807, 2.05) is 12.1 Å². The van der Waals surface area contributed by atoms with Gasteiger partial charge in [0.2, 0.25) is 0 Å². The zero-order chi connectivity index (χ0) is 13.0. The van der Waals surface area contributed by atoms with E-state index in [0.717, 1.165) is 11.8 Å². The Bertz CT molecular complexity index is 547. The van der Waals surface area contributed by atoms with E-state index in [1.54, 1.807) is 30.3 Å². The lowest BCUT2D eigenvalue weighted by Crippen LogP contribution is -1.96. The maximum absolute atomic E-state index is 10.6. The molecule has 0 aliphatic heterocycles. The van der Waals surface area contributed by atoms with Gasteiger partial charge in [-0.05, 0) is 29.8 Å². The quantitative estimate of drug-likeness (QED) is 0.777. The molecule has 0 saturated heterocycles. The molecule has 0 saturated carbocycles. The summed E-state index contributed by atoms with van der Waals surface area (Å²) >= 11 is 11.7. The molecule has 0 bridgehead atoms. The molecule has 0 amide bonds. The minimum atomic E-state index is 0.359. The highest BCUT2D eigenvalue weighted by Crippen LogP contribution is 2.24. The van der Waals surface area contributed by atoms with Gasteiger partial charge < -0.3 is 4.74 Å². The topological polar surface area (TPSA) is 26.3 Å². The van der Waals surface area contributed by atoms with Crippen LogP contribution in [0, 0.1) is 0 Å². The van der Waals surface area contributed by atoms with E-state index in [0.29, 0.717) is 28.0 Å². The Labute approximate surface area is 115 Å². The Morgan fingerprint density at radius 2 is 1.78 bits per heavy atom. The summed E-state index contributed by atoms with van der Waals surface area (Å²) in [7, 11) is 0. The first-order valence-electron chi connectivity index (χ1n) is 5.30. The first-order valence-corrected chi connectivity index (χ1v) is 6.06. The van der Waals surface area contributed by atoms with E-state index in [-0.39, 0.29) is 0 Å². The Balaban J connectivity index is 2.08. The summed E-state index contributed by atoms with van der Waals surface area (Å²) in [6.45, 7) is 0.359. The predicted octanol–water partition coefficient (Wildman–Crippen LogP) is 4.38. The van der Waals surface area contributed by atoms with Crippen LogP contribution in [-0.2, 0) is 6.61 Å². The lowest BCUT2D eigenvalue weighted by Gasteiger charge is -2.07. The molecule has 0 aliphatic rings. The molecule has 0 aliphatic carbocycles. The van der Waals surface area contributed by atoms with Gasteiger partial charge in [0.15, 0.2) is 0 Å². The third kappa shape index (κ3) is 3.49. The van der Waals surface area contributed by atoms with Gasteiger partial charge in [0, 0.05) is 15.6 Å². The predicted molar refractivity (Wildman–Crippen MR) is 72.6 cm³/mol. The van der Waals surface area contributed by atoms with Crippen LogP contribution in [0.1, 0.15) is 15.9 Å². The van der Waals surface area contributed by atoms with Crippen LogP contribution in [0.15, 0.2) is 42.5 Å². The van der Waals surface area contributed by atoms with Crippen molar-refractivity contribution in [1.29, 1.82) is 0 Å². The van der Waals surface area contributed by atoms with Crippen molar-refractivity contribution in [2.75, 3.05) is 0 Å². The van der Waals surface area contributed by atoms with Crippen molar-refractivity contribution in [1.82, 2.24) is 0 Å². The van der Waals surface area contributed by atoms with Crippen molar-refractivity contribution >= 4 is 29.5 Å². The van der Waals surface area contributed by atoms with Crippen molar-refractivity contribution in [3.8, 4) is 5.75 Å². The minimum Gasteiger partial charge on any atom is -0.489 e. The van der Waals surface area contributed by atoms with Crippen LogP contribution in [0.4, 0.5) is 0 Å². The molecule has 0 heterocycles. The number of hydrogen-bond acceptors (Lipinski definition) is 2. The van der Waals surface area contributed by atoms with Gasteiger partial charge in [-0.15, -0.1) is 0 Å². The Morgan fingerprint density at radius 3 is 2.44 bits per heavy atom. The number of rotatable bonds is 4. The second-order valence-electron chi connectivity index (χ2n) is 3.76. The fourth-order valence-electron chi connectivity index (χ4n) is 1.53. The van der Waals surface area contributed by atoms with E-state index in [1.165, 1.54) is 0 Å². The third-order valence-corrected chi connectivity index (χ3v) is 2.77. The molecular formula is C14H10Cl2O2. The average molecular weight is 281 g/mol. The van der Waals surface area contributed by atoms with E-state index in [4.69, 9.17) is 27.9 Å². The number of carbonyl (C=O) groups is 1. The molecule has 4 heteroatoms. The van der Waals surface area contributed by atoms with Gasteiger partial charge in [0.25, 0.3) is 0 Å². The van der Waals surface area contributed by atoms with Crippen LogP contribution < -0.4 is 4.74 Å². The average Bonchev–Trinajstić information content (AvgIpc) is 2.35. The zero-order valence-electron chi connectivity index (χ0n) is 9.40. The number of halogens is 2. The van der Waals surface area contributed by atoms with E-state index >= 15 is 0 Å². The Kier molecular flexibility index (Phi) is 4.24. The molecule has 2 aromatic rings. The number of hydrogen-bond donors (Lipinski definition) is 0. The lowest BCUT2D eigenvalue weighted by molar-refractivity contribution is 0.112. The normalized spacial score (nSPS) is 10.1. The molecule has 0 aromatic heterocycles. The lowest BCUT2D eigenvalue weighted by atomic mass is 10.1. The third-order valence-electron chi connectivity index (χ3n) is 2.33. The first kappa shape index (κ1) is 12.9. The summed E-state index contributed by atoms with van der Waals surface area (Å²) < 4.78 is 5.57. The molecule has 92 valence electrons. The molecule has 2 rings (SSSR count). The minimum absolute atomic E-state index is 0.359. The molecule has 2 nitrogen and oxygen atoms in total. The number of carbonyl (C=O) groups excluding carboxylic acids is 1. The Morgan fingerprint density at radius 1 is 1.06 bits per heavy atom. The molecule has 18 heavy (non-hydrogen) atoms. The van der Waals surface area contributed by atoms with Crippen molar-refractivity contribution in [2.45, 2.75) is 6.61 Å². The highest BCUT2D eigenvalue weighted by Gasteiger charge is 2.01. The summed E-state index contributed by atoms with van der Waals surface area (Å²) in [6, 6.07) is 12.2. The number of ether oxygens (including phenoxy) is 1. The zero-order valence-corrected chi connectivity index (χ0v) is 10.9. The van der Waals surface area contributed by atoms with Crippen LogP contribution in [0.2, 0.25) is 10.0 Å². The maximum atomic E-state index is 10.6. The van der Waals surface area contributed by atoms with Crippen LogP contribution in [0.5, 0.6) is 5.75 Å². The molecule has 0 spiro atoms. The van der Waals surface area contributed by atoms with Crippen molar-refractivity contribution in [2.24, 2.45) is 0 Å². The van der Waals surface area contributed by atoms with Gasteiger partial charge in [-0.25, -0.2) is 0 Å². The van der Waals surface area contributed by atoms with Crippen LogP contribution >= 0.6 is 23.2 Å². The van der Waals surface area contributed by atoms with E-state index in [2.05, 4.69) is 0 Å².